The van der Waals surface area contributed by atoms with Crippen molar-refractivity contribution in [3.8, 4) is 22.6 Å². The van der Waals surface area contributed by atoms with Crippen molar-refractivity contribution < 1.29 is 35.6 Å². The Bertz CT molecular complexity index is 1500. The average Bonchev–Trinajstić information content (AvgIpc) is 2.88. The number of hydrogen-bond acceptors (Lipinski definition) is 4. The van der Waals surface area contributed by atoms with Crippen molar-refractivity contribution in [3.63, 3.8) is 0 Å². The second kappa shape index (κ2) is 10.5. The van der Waals surface area contributed by atoms with Crippen LogP contribution in [0.25, 0.3) is 11.1 Å². The lowest BCUT2D eigenvalue weighted by Crippen LogP contribution is -2.27. The van der Waals surface area contributed by atoms with E-state index in [0.29, 0.717) is 39.3 Å². The van der Waals surface area contributed by atoms with E-state index in [2.05, 4.69) is 0 Å². The summed E-state index contributed by atoms with van der Waals surface area (Å²) in [5, 5.41) is 0.985. The molecule has 192 valence electrons. The first-order valence-corrected chi connectivity index (χ1v) is 13.7. The van der Waals surface area contributed by atoms with Crippen molar-refractivity contribution in [3.05, 3.63) is 96.6 Å². The number of ether oxygens (including phenoxy) is 2. The Balaban J connectivity index is 2.13. The summed E-state index contributed by atoms with van der Waals surface area (Å²) >= 11 is 0. The average molecular weight is 547 g/mol. The lowest BCUT2D eigenvalue weighted by Gasteiger charge is -2.26. The lowest BCUT2D eigenvalue weighted by atomic mass is 10.0. The van der Waals surface area contributed by atoms with Crippen LogP contribution in [0.4, 0.5) is 13.2 Å². The molecule has 0 spiro atoms. The summed E-state index contributed by atoms with van der Waals surface area (Å²) in [4.78, 5) is -0.586. The van der Waals surface area contributed by atoms with Gasteiger partial charge in [0.05, 0.1) is 25.3 Å². The Hall–Kier alpha value is -3.39. The van der Waals surface area contributed by atoms with E-state index in [0.717, 1.165) is 12.1 Å². The van der Waals surface area contributed by atoms with Crippen LogP contribution in [-0.4, -0.2) is 27.2 Å². The van der Waals surface area contributed by atoms with Gasteiger partial charge in [-0.15, -0.1) is 0 Å². The molecule has 0 aliphatic carbocycles. The number of halogens is 3. The molecule has 37 heavy (non-hydrogen) atoms. The molecule has 1 N–H and O–H groups in total. The van der Waals surface area contributed by atoms with Gasteiger partial charge < -0.3 is 9.47 Å². The molecule has 0 amide bonds. The molecule has 0 heterocycles. The molecule has 0 aliphatic rings. The van der Waals surface area contributed by atoms with Crippen molar-refractivity contribution in [1.82, 2.24) is 0 Å². The Morgan fingerprint density at radius 3 is 1.92 bits per heavy atom. The topological polar surface area (TPSA) is 72.8 Å². The zero-order valence-corrected chi connectivity index (χ0v) is 21.4. The fraction of sp³-hybridized carbons (Fsp3) is 0.111. The minimum atomic E-state index is -4.86. The zero-order valence-electron chi connectivity index (χ0n) is 19.7. The Morgan fingerprint density at radius 1 is 0.757 bits per heavy atom. The molecule has 4 aromatic carbocycles. The SMILES string of the molecule is COc1cccc(OC)c1-c1ccccc1P(c1ccccc1)c1cc(C(F)(F)F)ccc1S(=O)(=O)O. The molecule has 0 aromatic heterocycles. The van der Waals surface area contributed by atoms with Gasteiger partial charge in [-0.25, -0.2) is 0 Å². The van der Waals surface area contributed by atoms with Crippen LogP contribution in [0.5, 0.6) is 11.5 Å². The maximum Gasteiger partial charge on any atom is 0.416 e. The monoisotopic (exact) mass is 546 g/mol. The van der Waals surface area contributed by atoms with E-state index in [1.807, 2.05) is 0 Å². The smallest absolute Gasteiger partial charge is 0.416 e. The second-order valence-electron chi connectivity index (χ2n) is 7.88. The Morgan fingerprint density at radius 2 is 1.35 bits per heavy atom. The molecule has 0 aliphatic heterocycles. The third kappa shape index (κ3) is 5.49. The van der Waals surface area contributed by atoms with Crippen LogP contribution in [-0.2, 0) is 16.3 Å². The summed E-state index contributed by atoms with van der Waals surface area (Å²) in [6.45, 7) is 0. The lowest BCUT2D eigenvalue weighted by molar-refractivity contribution is -0.137. The van der Waals surface area contributed by atoms with E-state index in [4.69, 9.17) is 9.47 Å². The maximum absolute atomic E-state index is 13.8. The Labute approximate surface area is 214 Å². The molecule has 0 saturated heterocycles. The molecule has 10 heteroatoms. The zero-order chi connectivity index (χ0) is 26.8. The van der Waals surface area contributed by atoms with Gasteiger partial charge in [-0.05, 0) is 54.4 Å². The fourth-order valence-electron chi connectivity index (χ4n) is 4.07. The third-order valence-corrected chi connectivity index (χ3v) is 9.26. The molecule has 4 aromatic rings. The number of rotatable bonds is 7. The first-order valence-electron chi connectivity index (χ1n) is 10.9. The van der Waals surface area contributed by atoms with Crippen LogP contribution in [0.3, 0.4) is 0 Å². The van der Waals surface area contributed by atoms with Gasteiger partial charge in [0, 0.05) is 5.30 Å². The van der Waals surface area contributed by atoms with Gasteiger partial charge in [0.25, 0.3) is 10.1 Å². The minimum Gasteiger partial charge on any atom is -0.496 e. The quantitative estimate of drug-likeness (QED) is 0.249. The molecule has 0 bridgehead atoms. The first-order chi connectivity index (χ1) is 17.6. The molecule has 0 radical (unpaired) electrons. The van der Waals surface area contributed by atoms with Crippen LogP contribution < -0.4 is 25.4 Å². The number of methoxy groups -OCH3 is 2. The highest BCUT2D eigenvalue weighted by atomic mass is 32.2. The molecule has 4 rings (SSSR count). The van der Waals surface area contributed by atoms with Crippen LogP contribution in [0.2, 0.25) is 0 Å². The van der Waals surface area contributed by atoms with Crippen LogP contribution in [0.15, 0.2) is 95.9 Å². The number of benzene rings is 4. The number of hydrogen-bond donors (Lipinski definition) is 1. The fourth-order valence-corrected chi connectivity index (χ4v) is 7.76. The normalized spacial score (nSPS) is 12.7. The van der Waals surface area contributed by atoms with Crippen LogP contribution in [0, 0.1) is 0 Å². The first kappa shape index (κ1) is 26.7. The minimum absolute atomic E-state index is 0.153. The summed E-state index contributed by atoms with van der Waals surface area (Å²) in [5.41, 5.74) is 0.128. The summed E-state index contributed by atoms with van der Waals surface area (Å²) in [6.07, 6.45) is -4.73. The van der Waals surface area contributed by atoms with Crippen molar-refractivity contribution >= 4 is 34.0 Å². The summed E-state index contributed by atoms with van der Waals surface area (Å²) in [5.74, 6) is 0.933. The highest BCUT2D eigenvalue weighted by Crippen LogP contribution is 2.44. The maximum atomic E-state index is 13.8. The second-order valence-corrected chi connectivity index (χ2v) is 11.4. The third-order valence-electron chi connectivity index (χ3n) is 5.66. The molecular weight excluding hydrogens is 524 g/mol. The molecule has 1 unspecified atom stereocenters. The predicted octanol–water partition coefficient (Wildman–Crippen LogP) is 5.39. The summed E-state index contributed by atoms with van der Waals surface area (Å²) < 4.78 is 87.2. The van der Waals surface area contributed by atoms with Gasteiger partial charge in [-0.2, -0.15) is 21.6 Å². The van der Waals surface area contributed by atoms with E-state index in [1.165, 1.54) is 14.2 Å². The largest absolute Gasteiger partial charge is 0.496 e. The van der Waals surface area contributed by atoms with Gasteiger partial charge in [-0.1, -0.05) is 60.7 Å². The summed E-state index contributed by atoms with van der Waals surface area (Å²) in [6, 6.07) is 23.1. The van der Waals surface area contributed by atoms with E-state index >= 15 is 0 Å². The number of alkyl halides is 3. The van der Waals surface area contributed by atoms with Gasteiger partial charge >= 0.3 is 6.18 Å². The molecular formula is C27H22F3O5PS. The summed E-state index contributed by atoms with van der Waals surface area (Å²) in [7, 11) is -3.80. The van der Waals surface area contributed by atoms with Crippen molar-refractivity contribution in [1.29, 1.82) is 0 Å². The highest BCUT2D eigenvalue weighted by Gasteiger charge is 2.35. The Kier molecular flexibility index (Phi) is 7.59. The van der Waals surface area contributed by atoms with Crippen molar-refractivity contribution in [2.75, 3.05) is 14.2 Å². The van der Waals surface area contributed by atoms with E-state index in [9.17, 15) is 26.1 Å². The van der Waals surface area contributed by atoms with Gasteiger partial charge in [-0.3, -0.25) is 4.55 Å². The van der Waals surface area contributed by atoms with Gasteiger partial charge in [0.15, 0.2) is 0 Å². The standard InChI is InChI=1S/C27H22F3O5PS/c1-34-21-12-8-13-22(35-2)26(21)20-11-6-7-14-23(20)36(19-9-4-3-5-10-19)24-17-18(27(28,29)30)15-16-25(24)37(31,32)33/h3-17H,1-2H3,(H,31,32,33). The molecule has 0 fully saturated rings. The van der Waals surface area contributed by atoms with Crippen LogP contribution >= 0.6 is 7.92 Å². The van der Waals surface area contributed by atoms with E-state index < -0.39 is 34.7 Å². The molecule has 0 saturated carbocycles. The molecule has 1 atom stereocenters. The van der Waals surface area contributed by atoms with E-state index in [1.54, 1.807) is 72.8 Å². The van der Waals surface area contributed by atoms with E-state index in [-0.39, 0.29) is 5.30 Å². The predicted molar refractivity (Wildman–Crippen MR) is 139 cm³/mol. The molecule has 5 nitrogen and oxygen atoms in total. The highest BCUT2D eigenvalue weighted by molar-refractivity contribution is 7.88. The van der Waals surface area contributed by atoms with Crippen molar-refractivity contribution in [2.24, 2.45) is 0 Å². The van der Waals surface area contributed by atoms with Crippen molar-refractivity contribution in [2.45, 2.75) is 11.1 Å². The van der Waals surface area contributed by atoms with Gasteiger partial charge in [0.1, 0.15) is 16.4 Å². The van der Waals surface area contributed by atoms with Gasteiger partial charge in [0.2, 0.25) is 0 Å². The van der Waals surface area contributed by atoms with Crippen LogP contribution in [0.1, 0.15) is 5.56 Å².